The van der Waals surface area contributed by atoms with E-state index in [9.17, 15) is 22.8 Å². The topological polar surface area (TPSA) is 79.5 Å². The molecule has 9 heteroatoms. The Bertz CT molecular complexity index is 1100. The number of alkyl halides is 3. The van der Waals surface area contributed by atoms with Crippen LogP contribution in [0.1, 0.15) is 46.4 Å². The molecular weight excluding hydrogens is 433 g/mol. The van der Waals surface area contributed by atoms with E-state index in [1.54, 1.807) is 11.9 Å². The number of halogens is 3. The van der Waals surface area contributed by atoms with E-state index < -0.39 is 29.3 Å². The number of benzene rings is 1. The molecule has 1 saturated carbocycles. The molecular formula is C24H27F3N4O2. The summed E-state index contributed by atoms with van der Waals surface area (Å²) in [5.74, 6) is -1.48. The van der Waals surface area contributed by atoms with E-state index in [0.29, 0.717) is 12.2 Å². The van der Waals surface area contributed by atoms with Crippen molar-refractivity contribution in [1.82, 2.24) is 4.98 Å². The van der Waals surface area contributed by atoms with Crippen molar-refractivity contribution in [1.29, 1.82) is 0 Å². The molecule has 3 unspecified atom stereocenters. The summed E-state index contributed by atoms with van der Waals surface area (Å²) in [6.45, 7) is 3.72. The van der Waals surface area contributed by atoms with Crippen LogP contribution in [0.2, 0.25) is 0 Å². The molecule has 2 amide bonds. The number of carbonyl (C=O) groups is 2. The zero-order valence-corrected chi connectivity index (χ0v) is 18.8. The number of hydrogen-bond donors (Lipinski definition) is 1. The van der Waals surface area contributed by atoms with E-state index in [0.717, 1.165) is 30.9 Å². The number of aryl methyl sites for hydroxylation is 2. The smallest absolute Gasteiger partial charge is 0.365 e. The van der Waals surface area contributed by atoms with Crippen molar-refractivity contribution in [2.75, 3.05) is 23.4 Å². The van der Waals surface area contributed by atoms with Crippen LogP contribution in [0.15, 0.2) is 30.3 Å². The molecule has 2 aromatic rings. The Morgan fingerprint density at radius 1 is 1.18 bits per heavy atom. The van der Waals surface area contributed by atoms with E-state index in [4.69, 9.17) is 5.73 Å². The maximum absolute atomic E-state index is 13.8. The molecule has 176 valence electrons. The maximum Gasteiger partial charge on any atom is 0.417 e. The van der Waals surface area contributed by atoms with E-state index in [1.807, 2.05) is 31.2 Å². The Balaban J connectivity index is 1.82. The maximum atomic E-state index is 13.8. The second-order valence-corrected chi connectivity index (χ2v) is 9.06. The van der Waals surface area contributed by atoms with Gasteiger partial charge in [0.1, 0.15) is 11.9 Å². The molecule has 33 heavy (non-hydrogen) atoms. The Hall–Kier alpha value is -3.10. The van der Waals surface area contributed by atoms with Crippen LogP contribution in [0.25, 0.3) is 0 Å². The molecule has 3 atom stereocenters. The average Bonchev–Trinajstić information content (AvgIpc) is 3.32. The van der Waals surface area contributed by atoms with Gasteiger partial charge in [0.15, 0.2) is 0 Å². The minimum Gasteiger partial charge on any atom is -0.365 e. The predicted octanol–water partition coefficient (Wildman–Crippen LogP) is 4.08. The number of pyridine rings is 1. The second-order valence-electron chi connectivity index (χ2n) is 9.06. The van der Waals surface area contributed by atoms with Gasteiger partial charge in [0.2, 0.25) is 5.91 Å². The van der Waals surface area contributed by atoms with Crippen LogP contribution in [0.4, 0.5) is 24.7 Å². The lowest BCUT2D eigenvalue weighted by Gasteiger charge is -2.33. The van der Waals surface area contributed by atoms with E-state index in [-0.39, 0.29) is 29.3 Å². The number of carbonyl (C=O) groups excluding carboxylic acids is 2. The van der Waals surface area contributed by atoms with Crippen molar-refractivity contribution in [3.05, 3.63) is 52.7 Å². The van der Waals surface area contributed by atoms with Crippen LogP contribution in [0.3, 0.4) is 0 Å². The van der Waals surface area contributed by atoms with Gasteiger partial charge in [-0.05, 0) is 62.3 Å². The fourth-order valence-corrected chi connectivity index (χ4v) is 5.33. The van der Waals surface area contributed by atoms with Crippen LogP contribution >= 0.6 is 0 Å². The highest BCUT2D eigenvalue weighted by atomic mass is 19.4. The van der Waals surface area contributed by atoms with Crippen LogP contribution in [0, 0.1) is 25.7 Å². The summed E-state index contributed by atoms with van der Waals surface area (Å²) in [7, 11) is 1.66. The number of amides is 2. The van der Waals surface area contributed by atoms with Crippen LogP contribution < -0.4 is 15.5 Å². The Kier molecular flexibility index (Phi) is 5.84. The van der Waals surface area contributed by atoms with E-state index in [2.05, 4.69) is 4.98 Å². The molecule has 2 N–H and O–H groups in total. The molecule has 1 aliphatic heterocycles. The number of nitrogens with two attached hydrogens (primary N) is 1. The van der Waals surface area contributed by atoms with E-state index >= 15 is 0 Å². The second kappa shape index (κ2) is 8.35. The van der Waals surface area contributed by atoms with Crippen LogP contribution in [-0.2, 0) is 11.0 Å². The summed E-state index contributed by atoms with van der Waals surface area (Å²) in [6, 6.07) is 7.57. The van der Waals surface area contributed by atoms with Crippen molar-refractivity contribution in [2.24, 2.45) is 17.6 Å². The van der Waals surface area contributed by atoms with Gasteiger partial charge in [-0.1, -0.05) is 18.6 Å². The van der Waals surface area contributed by atoms with Crippen molar-refractivity contribution in [3.8, 4) is 0 Å². The first-order chi connectivity index (χ1) is 15.5. The van der Waals surface area contributed by atoms with Crippen LogP contribution in [-0.4, -0.2) is 36.4 Å². The molecule has 0 bridgehead atoms. The van der Waals surface area contributed by atoms with Crippen LogP contribution in [0.5, 0.6) is 0 Å². The lowest BCUT2D eigenvalue weighted by atomic mass is 9.93. The number of hydrogen-bond acceptors (Lipinski definition) is 4. The number of rotatable bonds is 4. The summed E-state index contributed by atoms with van der Waals surface area (Å²) in [5.41, 5.74) is 5.43. The number of nitrogens with zero attached hydrogens (tertiary/aromatic N) is 3. The number of likely N-dealkylation sites (N-methyl/N-ethyl adjacent to an activating group) is 1. The zero-order valence-electron chi connectivity index (χ0n) is 18.8. The first kappa shape index (κ1) is 23.1. The lowest BCUT2D eigenvalue weighted by Crippen LogP contribution is -2.48. The zero-order chi connectivity index (χ0) is 24.1. The van der Waals surface area contributed by atoms with Crippen molar-refractivity contribution in [3.63, 3.8) is 0 Å². The molecule has 1 saturated heterocycles. The summed E-state index contributed by atoms with van der Waals surface area (Å²) >= 11 is 0. The number of anilines is 2. The third-order valence-electron chi connectivity index (χ3n) is 6.82. The predicted molar refractivity (Wildman–Crippen MR) is 119 cm³/mol. The third kappa shape index (κ3) is 4.16. The van der Waals surface area contributed by atoms with Crippen molar-refractivity contribution in [2.45, 2.75) is 45.3 Å². The SMILES string of the molecule is Cc1cccc(N(C)C(=O)C2C3CCCC3CN2c2nc(C)cc(C(F)(F)F)c2C(N)=O)c1. The molecule has 6 nitrogen and oxygen atoms in total. The summed E-state index contributed by atoms with van der Waals surface area (Å²) in [4.78, 5) is 33.4. The molecule has 1 aromatic carbocycles. The van der Waals surface area contributed by atoms with Gasteiger partial charge in [0, 0.05) is 25.0 Å². The number of primary amides is 1. The van der Waals surface area contributed by atoms with Gasteiger partial charge >= 0.3 is 6.18 Å². The average molecular weight is 461 g/mol. The molecule has 0 spiro atoms. The Labute approximate surface area is 190 Å². The minimum atomic E-state index is -4.78. The third-order valence-corrected chi connectivity index (χ3v) is 6.82. The molecule has 2 heterocycles. The monoisotopic (exact) mass is 460 g/mol. The first-order valence-electron chi connectivity index (χ1n) is 11.0. The highest BCUT2D eigenvalue weighted by Gasteiger charge is 2.50. The molecule has 2 aliphatic rings. The Morgan fingerprint density at radius 3 is 2.55 bits per heavy atom. The molecule has 2 fully saturated rings. The van der Waals surface area contributed by atoms with Gasteiger partial charge in [-0.15, -0.1) is 0 Å². The molecule has 1 aromatic heterocycles. The fourth-order valence-electron chi connectivity index (χ4n) is 5.33. The first-order valence-corrected chi connectivity index (χ1v) is 11.0. The van der Waals surface area contributed by atoms with Crippen molar-refractivity contribution < 1.29 is 22.8 Å². The summed E-state index contributed by atoms with van der Waals surface area (Å²) in [5, 5.41) is 0. The van der Waals surface area contributed by atoms with Gasteiger partial charge in [-0.3, -0.25) is 9.59 Å². The minimum absolute atomic E-state index is 0.0258. The number of aromatic nitrogens is 1. The van der Waals surface area contributed by atoms with E-state index in [1.165, 1.54) is 11.8 Å². The highest BCUT2D eigenvalue weighted by Crippen LogP contribution is 2.46. The fraction of sp³-hybridized carbons (Fsp3) is 0.458. The highest BCUT2D eigenvalue weighted by molar-refractivity contribution is 6.03. The summed E-state index contributed by atoms with van der Waals surface area (Å²) < 4.78 is 41.4. The molecule has 1 aliphatic carbocycles. The number of fused-ring (bicyclic) bond motifs is 1. The van der Waals surface area contributed by atoms with Gasteiger partial charge in [-0.25, -0.2) is 4.98 Å². The van der Waals surface area contributed by atoms with Gasteiger partial charge in [0.25, 0.3) is 5.91 Å². The molecule has 0 radical (unpaired) electrons. The van der Waals surface area contributed by atoms with Gasteiger partial charge in [-0.2, -0.15) is 13.2 Å². The lowest BCUT2D eigenvalue weighted by molar-refractivity contribution is -0.138. The normalized spacial score (nSPS) is 22.4. The standard InChI is InChI=1S/C24H27F3N4O2/c1-13-6-4-8-16(10-13)30(3)23(33)20-17-9-5-7-15(17)12-31(20)22-19(21(28)32)18(24(25,26)27)11-14(2)29-22/h4,6,8,10-11,15,17,20H,5,7,9,12H2,1-3H3,(H2,28,32). The molecule has 4 rings (SSSR count). The largest absolute Gasteiger partial charge is 0.417 e. The van der Waals surface area contributed by atoms with Gasteiger partial charge < -0.3 is 15.5 Å². The summed E-state index contributed by atoms with van der Waals surface area (Å²) in [6.07, 6.45) is -2.15. The Morgan fingerprint density at radius 2 is 1.91 bits per heavy atom. The quantitative estimate of drug-likeness (QED) is 0.746. The van der Waals surface area contributed by atoms with Crippen molar-refractivity contribution >= 4 is 23.3 Å². The van der Waals surface area contributed by atoms with Gasteiger partial charge in [0.05, 0.1) is 11.1 Å².